The third kappa shape index (κ3) is 2.15. The minimum Gasteiger partial charge on any atom is -0.349 e. The van der Waals surface area contributed by atoms with Gasteiger partial charge in [0.15, 0.2) is 0 Å². The van der Waals surface area contributed by atoms with Crippen molar-refractivity contribution in [3.63, 3.8) is 0 Å². The van der Waals surface area contributed by atoms with Gasteiger partial charge in [-0.1, -0.05) is 0 Å². The first-order valence-electron chi connectivity index (χ1n) is 6.69. The van der Waals surface area contributed by atoms with Crippen molar-refractivity contribution < 1.29 is 0 Å². The van der Waals surface area contributed by atoms with Crippen LogP contribution in [0.25, 0.3) is 0 Å². The van der Waals surface area contributed by atoms with Crippen molar-refractivity contribution in [2.24, 2.45) is 5.73 Å². The Labute approximate surface area is 118 Å². The lowest BCUT2D eigenvalue weighted by Gasteiger charge is -2.35. The van der Waals surface area contributed by atoms with Gasteiger partial charge < -0.3 is 10.6 Å². The lowest BCUT2D eigenvalue weighted by Crippen LogP contribution is -2.34. The van der Waals surface area contributed by atoms with Gasteiger partial charge in [0.1, 0.15) is 5.82 Å². The average Bonchev–Trinajstić information content (AvgIpc) is 2.89. The molecule has 0 aliphatic carbocycles. The fraction of sp³-hybridized carbons (Fsp3) is 0.400. The molecule has 0 saturated heterocycles. The molecule has 4 heteroatoms. The lowest BCUT2D eigenvalue weighted by molar-refractivity contribution is 0.623. The Bertz CT molecular complexity index is 591. The molecule has 1 aliphatic heterocycles. The quantitative estimate of drug-likeness (QED) is 0.914. The molecule has 3 nitrogen and oxygen atoms in total. The van der Waals surface area contributed by atoms with Crippen LogP contribution in [-0.4, -0.2) is 11.5 Å². The summed E-state index contributed by atoms with van der Waals surface area (Å²) < 4.78 is 0. The highest BCUT2D eigenvalue weighted by atomic mass is 32.1. The number of thiophene rings is 1. The molecule has 100 valence electrons. The number of nitrogens with zero attached hydrogens (tertiary/aromatic N) is 2. The van der Waals surface area contributed by atoms with Crippen LogP contribution in [0.1, 0.15) is 34.5 Å². The fourth-order valence-electron chi connectivity index (χ4n) is 2.84. The van der Waals surface area contributed by atoms with Crippen LogP contribution in [0.4, 0.5) is 5.82 Å². The second kappa shape index (κ2) is 4.94. The Balaban J connectivity index is 1.95. The van der Waals surface area contributed by atoms with E-state index in [4.69, 9.17) is 5.73 Å². The van der Waals surface area contributed by atoms with Crippen molar-refractivity contribution in [2.75, 3.05) is 11.4 Å². The summed E-state index contributed by atoms with van der Waals surface area (Å²) >= 11 is 1.87. The van der Waals surface area contributed by atoms with Crippen LogP contribution < -0.4 is 10.6 Å². The number of pyridine rings is 1. The minimum absolute atomic E-state index is 0.407. The van der Waals surface area contributed by atoms with E-state index in [1.54, 1.807) is 0 Å². The topological polar surface area (TPSA) is 42.1 Å². The van der Waals surface area contributed by atoms with E-state index < -0.39 is 0 Å². The molecule has 0 amide bonds. The molecule has 2 aromatic rings. The highest BCUT2D eigenvalue weighted by Gasteiger charge is 2.26. The number of aryl methyl sites for hydroxylation is 1. The molecule has 0 saturated carbocycles. The van der Waals surface area contributed by atoms with E-state index in [0.29, 0.717) is 12.6 Å². The van der Waals surface area contributed by atoms with Crippen LogP contribution in [0, 0.1) is 6.92 Å². The van der Waals surface area contributed by atoms with E-state index >= 15 is 0 Å². The maximum absolute atomic E-state index is 5.67. The van der Waals surface area contributed by atoms with Crippen LogP contribution in [0.15, 0.2) is 23.7 Å². The van der Waals surface area contributed by atoms with Gasteiger partial charge in [-0.25, -0.2) is 4.98 Å². The molecule has 3 rings (SSSR count). The highest BCUT2D eigenvalue weighted by molar-refractivity contribution is 7.10. The molecular weight excluding hydrogens is 254 g/mol. The van der Waals surface area contributed by atoms with Crippen molar-refractivity contribution >= 4 is 17.2 Å². The number of aromatic nitrogens is 1. The molecule has 2 N–H and O–H groups in total. The lowest BCUT2D eigenvalue weighted by atomic mass is 10.0. The van der Waals surface area contributed by atoms with Crippen LogP contribution in [0.5, 0.6) is 0 Å². The smallest absolute Gasteiger partial charge is 0.131 e. The average molecular weight is 273 g/mol. The number of rotatable bonds is 2. The Hall–Kier alpha value is -1.39. The standard InChI is InChI=1S/C15H19N3S/c1-10-7-12(8-16)9-17-15(10)18-5-3-14-13(11(18)2)4-6-19-14/h4,6-7,9,11H,3,5,8,16H2,1-2H3. The summed E-state index contributed by atoms with van der Waals surface area (Å²) in [4.78, 5) is 8.56. The van der Waals surface area contributed by atoms with Gasteiger partial charge in [-0.2, -0.15) is 0 Å². The molecule has 3 heterocycles. The van der Waals surface area contributed by atoms with E-state index in [0.717, 1.165) is 24.3 Å². The molecule has 0 fully saturated rings. The molecule has 0 bridgehead atoms. The van der Waals surface area contributed by atoms with Crippen LogP contribution in [0.2, 0.25) is 0 Å². The first-order valence-corrected chi connectivity index (χ1v) is 7.57. The molecule has 1 unspecified atom stereocenters. The molecule has 0 aromatic carbocycles. The SMILES string of the molecule is Cc1cc(CN)cnc1N1CCc2sccc2C1C. The summed E-state index contributed by atoms with van der Waals surface area (Å²) in [5.74, 6) is 1.10. The second-order valence-corrected chi connectivity index (χ2v) is 6.11. The predicted molar refractivity (Wildman–Crippen MR) is 80.6 cm³/mol. The molecule has 0 spiro atoms. The van der Waals surface area contributed by atoms with E-state index in [1.807, 2.05) is 17.5 Å². The van der Waals surface area contributed by atoms with Crippen LogP contribution in [0.3, 0.4) is 0 Å². The van der Waals surface area contributed by atoms with E-state index in [-0.39, 0.29) is 0 Å². The minimum atomic E-state index is 0.407. The van der Waals surface area contributed by atoms with E-state index in [9.17, 15) is 0 Å². The summed E-state index contributed by atoms with van der Waals surface area (Å²) in [6, 6.07) is 4.81. The number of fused-ring (bicyclic) bond motifs is 1. The van der Waals surface area contributed by atoms with Gasteiger partial charge in [-0.15, -0.1) is 11.3 Å². The van der Waals surface area contributed by atoms with Crippen molar-refractivity contribution in [1.29, 1.82) is 0 Å². The van der Waals surface area contributed by atoms with Gasteiger partial charge in [0.05, 0.1) is 6.04 Å². The fourth-order valence-corrected chi connectivity index (χ4v) is 3.80. The Morgan fingerprint density at radius 1 is 1.53 bits per heavy atom. The van der Waals surface area contributed by atoms with Crippen molar-refractivity contribution in [2.45, 2.75) is 32.9 Å². The molecular formula is C15H19N3S. The molecule has 0 radical (unpaired) electrons. The zero-order chi connectivity index (χ0) is 13.4. The number of hydrogen-bond acceptors (Lipinski definition) is 4. The van der Waals surface area contributed by atoms with Gasteiger partial charge in [0.2, 0.25) is 0 Å². The maximum atomic E-state index is 5.67. The summed E-state index contributed by atoms with van der Waals surface area (Å²) in [5.41, 5.74) is 9.45. The number of hydrogen-bond donors (Lipinski definition) is 1. The first kappa shape index (κ1) is 12.6. The highest BCUT2D eigenvalue weighted by Crippen LogP contribution is 2.36. The third-order valence-corrected chi connectivity index (χ3v) is 4.89. The van der Waals surface area contributed by atoms with Crippen molar-refractivity contribution in [3.05, 3.63) is 45.3 Å². The monoisotopic (exact) mass is 273 g/mol. The molecule has 19 heavy (non-hydrogen) atoms. The molecule has 1 atom stereocenters. The van der Waals surface area contributed by atoms with Crippen LogP contribution in [-0.2, 0) is 13.0 Å². The third-order valence-electron chi connectivity index (χ3n) is 3.89. The zero-order valence-corrected chi connectivity index (χ0v) is 12.2. The summed E-state index contributed by atoms with van der Waals surface area (Å²) in [7, 11) is 0. The Morgan fingerprint density at radius 2 is 2.37 bits per heavy atom. The largest absolute Gasteiger partial charge is 0.349 e. The van der Waals surface area contributed by atoms with Crippen molar-refractivity contribution in [3.8, 4) is 0 Å². The van der Waals surface area contributed by atoms with Gasteiger partial charge >= 0.3 is 0 Å². The normalized spacial score (nSPS) is 18.5. The van der Waals surface area contributed by atoms with Gasteiger partial charge in [-0.05, 0) is 54.5 Å². The Kier molecular flexibility index (Phi) is 3.29. The molecule has 2 aromatic heterocycles. The Morgan fingerprint density at radius 3 is 3.11 bits per heavy atom. The van der Waals surface area contributed by atoms with Gasteiger partial charge in [-0.3, -0.25) is 0 Å². The van der Waals surface area contributed by atoms with Crippen LogP contribution >= 0.6 is 11.3 Å². The first-order chi connectivity index (χ1) is 9.20. The summed E-state index contributed by atoms with van der Waals surface area (Å²) in [6.07, 6.45) is 3.02. The number of anilines is 1. The second-order valence-electron chi connectivity index (χ2n) is 5.11. The summed E-state index contributed by atoms with van der Waals surface area (Å²) in [6.45, 7) is 5.99. The van der Waals surface area contributed by atoms with Gasteiger partial charge in [0, 0.05) is 24.2 Å². The van der Waals surface area contributed by atoms with Crippen molar-refractivity contribution in [1.82, 2.24) is 4.98 Å². The van der Waals surface area contributed by atoms with E-state index in [2.05, 4.69) is 41.2 Å². The zero-order valence-electron chi connectivity index (χ0n) is 11.4. The predicted octanol–water partition coefficient (Wildman–Crippen LogP) is 3.03. The summed E-state index contributed by atoms with van der Waals surface area (Å²) in [5, 5.41) is 2.20. The van der Waals surface area contributed by atoms with E-state index in [1.165, 1.54) is 16.0 Å². The maximum Gasteiger partial charge on any atom is 0.131 e. The van der Waals surface area contributed by atoms with Gasteiger partial charge in [0.25, 0.3) is 0 Å². The molecule has 1 aliphatic rings. The number of nitrogens with two attached hydrogens (primary N) is 1.